The number of hydrogen-bond acceptors (Lipinski definition) is 2. The van der Waals surface area contributed by atoms with Crippen LogP contribution in [-0.2, 0) is 17.7 Å². The molecule has 0 amide bonds. The third-order valence-electron chi connectivity index (χ3n) is 4.14. The topological polar surface area (TPSA) is 31.2 Å². The third-order valence-corrected chi connectivity index (χ3v) is 4.14. The normalized spacial score (nSPS) is 16.5. The Morgan fingerprint density at radius 3 is 2.68 bits per heavy atom. The second-order valence-electron chi connectivity index (χ2n) is 5.56. The molecule has 0 bridgehead atoms. The first-order valence-corrected chi connectivity index (χ1v) is 7.53. The highest BCUT2D eigenvalue weighted by Gasteiger charge is 2.19. The van der Waals surface area contributed by atoms with E-state index in [1.165, 1.54) is 44.9 Å². The molecule has 3 nitrogen and oxygen atoms in total. The van der Waals surface area contributed by atoms with Crippen molar-refractivity contribution in [3.05, 3.63) is 23.5 Å². The molecule has 0 aromatic carbocycles. The van der Waals surface area contributed by atoms with Crippen LogP contribution in [0.2, 0.25) is 0 Å². The fraction of sp³-hybridized carbons (Fsp3) is 0.688. The Balaban J connectivity index is 2.14. The van der Waals surface area contributed by atoms with Gasteiger partial charge in [-0.1, -0.05) is 39.0 Å². The number of carbonyl (C=O) groups is 1. The van der Waals surface area contributed by atoms with Gasteiger partial charge in [0.1, 0.15) is 5.69 Å². The molecule has 0 saturated heterocycles. The zero-order valence-corrected chi connectivity index (χ0v) is 12.2. The predicted octanol–water partition coefficient (Wildman–Crippen LogP) is 3.81. The lowest BCUT2D eigenvalue weighted by Crippen LogP contribution is -2.16. The molecule has 1 aliphatic carbocycles. The summed E-state index contributed by atoms with van der Waals surface area (Å²) < 4.78 is 7.02. The number of hydrogen-bond donors (Lipinski definition) is 0. The maximum absolute atomic E-state index is 11.8. The van der Waals surface area contributed by atoms with Crippen molar-refractivity contribution in [1.29, 1.82) is 0 Å². The summed E-state index contributed by atoms with van der Waals surface area (Å²) in [6.07, 6.45) is 8.94. The molecule has 0 spiro atoms. The highest BCUT2D eigenvalue weighted by Crippen LogP contribution is 2.27. The molecule has 106 valence electrons. The van der Waals surface area contributed by atoms with Crippen LogP contribution in [0.15, 0.2) is 12.1 Å². The van der Waals surface area contributed by atoms with E-state index in [-0.39, 0.29) is 5.97 Å². The molecule has 0 aliphatic heterocycles. The molecular weight excluding hydrogens is 238 g/mol. The molecule has 0 N–H and O–H groups in total. The van der Waals surface area contributed by atoms with Crippen LogP contribution in [0.5, 0.6) is 0 Å². The fourth-order valence-electron chi connectivity index (χ4n) is 3.15. The van der Waals surface area contributed by atoms with Crippen molar-refractivity contribution < 1.29 is 9.53 Å². The van der Waals surface area contributed by atoms with Crippen LogP contribution in [0.1, 0.15) is 61.6 Å². The van der Waals surface area contributed by atoms with Crippen LogP contribution >= 0.6 is 0 Å². The van der Waals surface area contributed by atoms with E-state index in [0.29, 0.717) is 5.69 Å². The number of aromatic nitrogens is 1. The summed E-state index contributed by atoms with van der Waals surface area (Å²) in [5.41, 5.74) is 2.00. The second-order valence-corrected chi connectivity index (χ2v) is 5.56. The summed E-state index contributed by atoms with van der Waals surface area (Å²) in [6, 6.07) is 4.02. The first kappa shape index (κ1) is 14.2. The molecule has 1 saturated carbocycles. The van der Waals surface area contributed by atoms with E-state index in [9.17, 15) is 4.79 Å². The summed E-state index contributed by atoms with van der Waals surface area (Å²) in [5.74, 6) is 0.577. The Hall–Kier alpha value is -1.25. The molecule has 2 rings (SSSR count). The number of esters is 1. The number of methoxy groups -OCH3 is 1. The van der Waals surface area contributed by atoms with Crippen LogP contribution < -0.4 is 0 Å². The summed E-state index contributed by atoms with van der Waals surface area (Å²) in [7, 11) is 1.45. The second kappa shape index (κ2) is 6.78. The number of carbonyl (C=O) groups excluding carboxylic acids is 1. The number of nitrogens with zero attached hydrogens (tertiary/aromatic N) is 1. The molecule has 1 heterocycles. The average Bonchev–Trinajstić information content (AvgIpc) is 2.83. The molecule has 1 aromatic heterocycles. The first-order valence-electron chi connectivity index (χ1n) is 7.53. The third kappa shape index (κ3) is 3.40. The van der Waals surface area contributed by atoms with Gasteiger partial charge >= 0.3 is 5.97 Å². The van der Waals surface area contributed by atoms with Gasteiger partial charge in [-0.3, -0.25) is 0 Å². The highest BCUT2D eigenvalue weighted by atomic mass is 16.5. The number of ether oxygens (including phenoxy) is 1. The molecular formula is C16H25NO2. The molecule has 3 heteroatoms. The molecule has 19 heavy (non-hydrogen) atoms. The molecule has 1 fully saturated rings. The smallest absolute Gasteiger partial charge is 0.354 e. The van der Waals surface area contributed by atoms with Gasteiger partial charge in [-0.05, 0) is 30.9 Å². The van der Waals surface area contributed by atoms with E-state index >= 15 is 0 Å². The number of rotatable bonds is 5. The van der Waals surface area contributed by atoms with Crippen molar-refractivity contribution in [2.24, 2.45) is 5.92 Å². The van der Waals surface area contributed by atoms with E-state index in [0.717, 1.165) is 25.3 Å². The maximum Gasteiger partial charge on any atom is 0.354 e. The van der Waals surface area contributed by atoms with Crippen molar-refractivity contribution >= 4 is 5.97 Å². The fourth-order valence-corrected chi connectivity index (χ4v) is 3.15. The van der Waals surface area contributed by atoms with Gasteiger partial charge < -0.3 is 9.30 Å². The van der Waals surface area contributed by atoms with E-state index in [2.05, 4.69) is 17.6 Å². The van der Waals surface area contributed by atoms with E-state index in [1.54, 1.807) is 0 Å². The zero-order valence-electron chi connectivity index (χ0n) is 12.2. The Bertz CT molecular complexity index is 416. The summed E-state index contributed by atoms with van der Waals surface area (Å²) in [4.78, 5) is 11.8. The summed E-state index contributed by atoms with van der Waals surface area (Å²) in [6.45, 7) is 3.05. The minimum atomic E-state index is -0.219. The molecule has 0 radical (unpaired) electrons. The van der Waals surface area contributed by atoms with Gasteiger partial charge in [0, 0.05) is 12.2 Å². The highest BCUT2D eigenvalue weighted by molar-refractivity contribution is 5.87. The van der Waals surface area contributed by atoms with Gasteiger partial charge in [0.15, 0.2) is 0 Å². The van der Waals surface area contributed by atoms with Gasteiger partial charge in [0.25, 0.3) is 0 Å². The molecule has 1 aliphatic rings. The Labute approximate surface area is 115 Å². The van der Waals surface area contributed by atoms with E-state index in [4.69, 9.17) is 4.74 Å². The summed E-state index contributed by atoms with van der Waals surface area (Å²) in [5, 5.41) is 0. The van der Waals surface area contributed by atoms with Gasteiger partial charge in [-0.2, -0.15) is 0 Å². The molecule has 0 atom stereocenters. The van der Waals surface area contributed by atoms with Crippen molar-refractivity contribution in [3.8, 4) is 0 Å². The maximum atomic E-state index is 11.8. The lowest BCUT2D eigenvalue weighted by molar-refractivity contribution is 0.0587. The average molecular weight is 263 g/mol. The van der Waals surface area contributed by atoms with Gasteiger partial charge in [-0.25, -0.2) is 4.79 Å². The lowest BCUT2D eigenvalue weighted by Gasteiger charge is -2.22. The standard InChI is InChI=1S/C16H25NO2/c1-3-11-17-14(9-10-15(17)16(18)19-2)12-13-7-5-4-6-8-13/h9-10,13H,3-8,11-12H2,1-2H3. The van der Waals surface area contributed by atoms with Gasteiger partial charge in [0.05, 0.1) is 7.11 Å². The monoisotopic (exact) mass is 263 g/mol. The first-order chi connectivity index (χ1) is 9.26. The van der Waals surface area contributed by atoms with E-state index in [1.807, 2.05) is 6.07 Å². The zero-order chi connectivity index (χ0) is 13.7. The van der Waals surface area contributed by atoms with Crippen LogP contribution in [0, 0.1) is 5.92 Å². The molecule has 1 aromatic rings. The SMILES string of the molecule is CCCn1c(CC2CCCCC2)ccc1C(=O)OC. The largest absolute Gasteiger partial charge is 0.464 e. The molecule has 0 unspecified atom stereocenters. The van der Waals surface area contributed by atoms with Crippen molar-refractivity contribution in [2.45, 2.75) is 58.4 Å². The van der Waals surface area contributed by atoms with Crippen LogP contribution in [-0.4, -0.2) is 17.6 Å². The van der Waals surface area contributed by atoms with Crippen molar-refractivity contribution in [1.82, 2.24) is 4.57 Å². The Morgan fingerprint density at radius 2 is 2.05 bits per heavy atom. The van der Waals surface area contributed by atoms with Gasteiger partial charge in [0.2, 0.25) is 0 Å². The van der Waals surface area contributed by atoms with Crippen molar-refractivity contribution in [2.75, 3.05) is 7.11 Å². The van der Waals surface area contributed by atoms with E-state index < -0.39 is 0 Å². The van der Waals surface area contributed by atoms with Crippen molar-refractivity contribution in [3.63, 3.8) is 0 Å². The Morgan fingerprint density at radius 1 is 1.32 bits per heavy atom. The minimum Gasteiger partial charge on any atom is -0.464 e. The minimum absolute atomic E-state index is 0.219. The van der Waals surface area contributed by atoms with Gasteiger partial charge in [-0.15, -0.1) is 0 Å². The van der Waals surface area contributed by atoms with Crippen LogP contribution in [0.25, 0.3) is 0 Å². The quantitative estimate of drug-likeness (QED) is 0.756. The van der Waals surface area contributed by atoms with Crippen LogP contribution in [0.3, 0.4) is 0 Å². The lowest BCUT2D eigenvalue weighted by atomic mass is 9.86. The Kier molecular flexibility index (Phi) is 5.06. The predicted molar refractivity (Wildman–Crippen MR) is 76.3 cm³/mol. The van der Waals surface area contributed by atoms with Crippen LogP contribution in [0.4, 0.5) is 0 Å². The summed E-state index contributed by atoms with van der Waals surface area (Å²) >= 11 is 0.